The summed E-state index contributed by atoms with van der Waals surface area (Å²) in [7, 11) is 1.67. The van der Waals surface area contributed by atoms with Crippen molar-refractivity contribution in [3.63, 3.8) is 0 Å². The van der Waals surface area contributed by atoms with Gasteiger partial charge in [-0.15, -0.1) is 11.6 Å². The highest BCUT2D eigenvalue weighted by Crippen LogP contribution is 2.32. The molecule has 0 amide bonds. The minimum Gasteiger partial charge on any atom is -0.496 e. The number of nitrogens with one attached hydrogen (secondary N) is 1. The zero-order valence-corrected chi connectivity index (χ0v) is 11.4. The molecule has 3 rings (SSSR count). The molecule has 3 heteroatoms. The van der Waals surface area contributed by atoms with Crippen LogP contribution in [-0.4, -0.2) is 12.1 Å². The van der Waals surface area contributed by atoms with Crippen LogP contribution in [0.15, 0.2) is 48.7 Å². The van der Waals surface area contributed by atoms with E-state index in [0.29, 0.717) is 5.88 Å². The van der Waals surface area contributed by atoms with Crippen LogP contribution in [0.4, 0.5) is 0 Å². The van der Waals surface area contributed by atoms with Gasteiger partial charge in [0.15, 0.2) is 0 Å². The van der Waals surface area contributed by atoms with Crippen molar-refractivity contribution in [1.29, 1.82) is 0 Å². The van der Waals surface area contributed by atoms with Crippen molar-refractivity contribution in [1.82, 2.24) is 4.98 Å². The summed E-state index contributed by atoms with van der Waals surface area (Å²) in [4.78, 5) is 3.29. The Morgan fingerprint density at radius 1 is 1.16 bits per heavy atom. The third-order valence-electron chi connectivity index (χ3n) is 3.33. The Morgan fingerprint density at radius 3 is 2.84 bits per heavy atom. The van der Waals surface area contributed by atoms with E-state index in [1.54, 1.807) is 7.11 Å². The number of rotatable bonds is 3. The third kappa shape index (κ3) is 2.08. The quantitative estimate of drug-likeness (QED) is 0.693. The first kappa shape index (κ1) is 12.1. The van der Waals surface area contributed by atoms with Crippen molar-refractivity contribution in [2.75, 3.05) is 7.11 Å². The summed E-state index contributed by atoms with van der Waals surface area (Å²) in [6.07, 6.45) is 1.96. The summed E-state index contributed by atoms with van der Waals surface area (Å²) in [6, 6.07) is 14.5. The lowest BCUT2D eigenvalue weighted by Gasteiger charge is -2.10. The molecule has 0 radical (unpaired) electrons. The first-order valence-corrected chi connectivity index (χ1v) is 6.66. The monoisotopic (exact) mass is 271 g/mol. The van der Waals surface area contributed by atoms with Crippen LogP contribution in [0, 0.1) is 0 Å². The highest BCUT2D eigenvalue weighted by molar-refractivity contribution is 6.17. The zero-order valence-electron chi connectivity index (χ0n) is 10.6. The van der Waals surface area contributed by atoms with Crippen molar-refractivity contribution in [3.05, 3.63) is 54.2 Å². The van der Waals surface area contributed by atoms with Gasteiger partial charge in [-0.1, -0.05) is 30.3 Å². The van der Waals surface area contributed by atoms with Crippen LogP contribution in [0.1, 0.15) is 5.56 Å². The molecule has 2 aromatic carbocycles. The summed E-state index contributed by atoms with van der Waals surface area (Å²) >= 11 is 5.90. The van der Waals surface area contributed by atoms with Gasteiger partial charge in [0.25, 0.3) is 0 Å². The molecule has 0 saturated carbocycles. The minimum atomic E-state index is 0.455. The second-order valence-electron chi connectivity index (χ2n) is 4.41. The Kier molecular flexibility index (Phi) is 3.18. The molecule has 0 atom stereocenters. The van der Waals surface area contributed by atoms with E-state index in [1.165, 1.54) is 10.9 Å². The summed E-state index contributed by atoms with van der Waals surface area (Å²) < 4.78 is 5.40. The van der Waals surface area contributed by atoms with Crippen molar-refractivity contribution in [2.24, 2.45) is 0 Å². The SMILES string of the molecule is COc1cc(-c2cccc3cc[nH]c23)ccc1CCl. The lowest BCUT2D eigenvalue weighted by atomic mass is 10.0. The molecule has 1 heterocycles. The molecule has 19 heavy (non-hydrogen) atoms. The van der Waals surface area contributed by atoms with Crippen molar-refractivity contribution in [2.45, 2.75) is 5.88 Å². The topological polar surface area (TPSA) is 25.0 Å². The van der Waals surface area contributed by atoms with Crippen molar-refractivity contribution in [3.8, 4) is 16.9 Å². The first-order valence-electron chi connectivity index (χ1n) is 6.13. The number of H-pyrrole nitrogens is 1. The summed E-state index contributed by atoms with van der Waals surface area (Å²) in [5, 5.41) is 1.21. The maximum absolute atomic E-state index is 5.90. The lowest BCUT2D eigenvalue weighted by Crippen LogP contribution is -1.90. The first-order chi connectivity index (χ1) is 9.33. The van der Waals surface area contributed by atoms with Gasteiger partial charge in [0.05, 0.1) is 18.5 Å². The molecule has 0 aliphatic carbocycles. The molecule has 2 nitrogen and oxygen atoms in total. The molecule has 0 aliphatic rings. The fourth-order valence-electron chi connectivity index (χ4n) is 2.35. The number of fused-ring (bicyclic) bond motifs is 1. The van der Waals surface area contributed by atoms with Crippen molar-refractivity contribution >= 4 is 22.5 Å². The highest BCUT2D eigenvalue weighted by atomic mass is 35.5. The molecule has 0 aliphatic heterocycles. The molecule has 0 spiro atoms. The number of alkyl halides is 1. The molecular formula is C16H14ClNO. The van der Waals surface area contributed by atoms with E-state index in [1.807, 2.05) is 18.3 Å². The Hall–Kier alpha value is -1.93. The number of hydrogen-bond acceptors (Lipinski definition) is 1. The standard InChI is InChI=1S/C16H14ClNO/c1-19-15-9-12(5-6-13(15)10-17)14-4-2-3-11-7-8-18-16(11)14/h2-9,18H,10H2,1H3. The van der Waals surface area contributed by atoms with Crippen molar-refractivity contribution < 1.29 is 4.74 Å². The van der Waals surface area contributed by atoms with Gasteiger partial charge in [0.2, 0.25) is 0 Å². The van der Waals surface area contributed by atoms with Crippen LogP contribution in [-0.2, 0) is 5.88 Å². The number of para-hydroxylation sites is 1. The molecule has 0 saturated heterocycles. The van der Waals surface area contributed by atoms with E-state index in [0.717, 1.165) is 22.4 Å². The van der Waals surface area contributed by atoms with Crippen LogP contribution >= 0.6 is 11.6 Å². The second kappa shape index (κ2) is 4.98. The predicted molar refractivity (Wildman–Crippen MR) is 79.8 cm³/mol. The number of aromatic nitrogens is 1. The van der Waals surface area contributed by atoms with Gasteiger partial charge in [-0.05, 0) is 23.1 Å². The third-order valence-corrected chi connectivity index (χ3v) is 3.62. The molecule has 0 unspecified atom stereocenters. The predicted octanol–water partition coefficient (Wildman–Crippen LogP) is 4.58. The summed E-state index contributed by atoms with van der Waals surface area (Å²) in [5.74, 6) is 1.28. The largest absolute Gasteiger partial charge is 0.496 e. The maximum atomic E-state index is 5.90. The highest BCUT2D eigenvalue weighted by Gasteiger charge is 2.08. The van der Waals surface area contributed by atoms with Gasteiger partial charge in [-0.3, -0.25) is 0 Å². The van der Waals surface area contributed by atoms with Gasteiger partial charge < -0.3 is 9.72 Å². The smallest absolute Gasteiger partial charge is 0.123 e. The van der Waals surface area contributed by atoms with Crippen LogP contribution in [0.5, 0.6) is 5.75 Å². The lowest BCUT2D eigenvalue weighted by molar-refractivity contribution is 0.411. The number of benzene rings is 2. The van der Waals surface area contributed by atoms with Gasteiger partial charge in [-0.25, -0.2) is 0 Å². The number of ether oxygens (including phenoxy) is 1. The Labute approximate surface area is 117 Å². The summed E-state index contributed by atoms with van der Waals surface area (Å²) in [5.41, 5.74) is 4.44. The zero-order chi connectivity index (χ0) is 13.2. The fourth-order valence-corrected chi connectivity index (χ4v) is 2.57. The Balaban J connectivity index is 2.19. The molecule has 0 fully saturated rings. The molecule has 1 N–H and O–H groups in total. The number of methoxy groups -OCH3 is 1. The second-order valence-corrected chi connectivity index (χ2v) is 4.67. The van der Waals surface area contributed by atoms with Crippen LogP contribution < -0.4 is 4.74 Å². The van der Waals surface area contributed by atoms with E-state index in [9.17, 15) is 0 Å². The van der Waals surface area contributed by atoms with Gasteiger partial charge >= 0.3 is 0 Å². The van der Waals surface area contributed by atoms with Crippen LogP contribution in [0.3, 0.4) is 0 Å². The van der Waals surface area contributed by atoms with E-state index >= 15 is 0 Å². The van der Waals surface area contributed by atoms with E-state index in [2.05, 4.69) is 35.3 Å². The van der Waals surface area contributed by atoms with E-state index in [-0.39, 0.29) is 0 Å². The molecular weight excluding hydrogens is 258 g/mol. The van der Waals surface area contributed by atoms with Crippen LogP contribution in [0.25, 0.3) is 22.0 Å². The molecule has 1 aromatic heterocycles. The normalized spacial score (nSPS) is 10.8. The Morgan fingerprint density at radius 2 is 2.05 bits per heavy atom. The van der Waals surface area contributed by atoms with Crippen LogP contribution in [0.2, 0.25) is 0 Å². The Bertz CT molecular complexity index is 718. The van der Waals surface area contributed by atoms with Gasteiger partial charge in [0, 0.05) is 17.3 Å². The number of halogens is 1. The minimum absolute atomic E-state index is 0.455. The average Bonchev–Trinajstić information content (AvgIpc) is 2.94. The van der Waals surface area contributed by atoms with E-state index in [4.69, 9.17) is 16.3 Å². The van der Waals surface area contributed by atoms with Gasteiger partial charge in [0.1, 0.15) is 5.75 Å². The summed E-state index contributed by atoms with van der Waals surface area (Å²) in [6.45, 7) is 0. The molecule has 96 valence electrons. The van der Waals surface area contributed by atoms with E-state index < -0.39 is 0 Å². The number of aromatic amines is 1. The molecule has 0 bridgehead atoms. The average molecular weight is 272 g/mol. The fraction of sp³-hybridized carbons (Fsp3) is 0.125. The molecule has 3 aromatic rings. The maximum Gasteiger partial charge on any atom is 0.123 e. The number of hydrogen-bond donors (Lipinski definition) is 1. The van der Waals surface area contributed by atoms with Gasteiger partial charge in [-0.2, -0.15) is 0 Å².